The first-order chi connectivity index (χ1) is 12.5. The van der Waals surface area contributed by atoms with Gasteiger partial charge in [0.2, 0.25) is 5.24 Å². The zero-order chi connectivity index (χ0) is 18.7. The Balaban J connectivity index is 1.72. The van der Waals surface area contributed by atoms with E-state index in [4.69, 9.17) is 16.3 Å². The van der Waals surface area contributed by atoms with Gasteiger partial charge in [-0.3, -0.25) is 4.79 Å². The van der Waals surface area contributed by atoms with Crippen molar-refractivity contribution < 1.29 is 14.3 Å². The van der Waals surface area contributed by atoms with Gasteiger partial charge in [0.1, 0.15) is 12.6 Å². The van der Waals surface area contributed by atoms with Crippen molar-refractivity contribution in [3.8, 4) is 11.1 Å². The van der Waals surface area contributed by atoms with Gasteiger partial charge in [-0.25, -0.2) is 4.79 Å². The van der Waals surface area contributed by atoms with Crippen molar-refractivity contribution in [1.82, 2.24) is 5.32 Å². The molecule has 26 heavy (non-hydrogen) atoms. The van der Waals surface area contributed by atoms with E-state index in [1.54, 1.807) is 0 Å². The average Bonchev–Trinajstić information content (AvgIpc) is 2.97. The smallest absolute Gasteiger partial charge is 0.407 e. The van der Waals surface area contributed by atoms with Gasteiger partial charge in [0.25, 0.3) is 0 Å². The lowest BCUT2D eigenvalue weighted by atomic mass is 9.98. The number of carbonyl (C=O) groups excluding carboxylic acids is 2. The summed E-state index contributed by atoms with van der Waals surface area (Å²) < 4.78 is 5.45. The number of halogens is 1. The molecule has 0 saturated carbocycles. The van der Waals surface area contributed by atoms with Crippen molar-refractivity contribution in [1.29, 1.82) is 0 Å². The topological polar surface area (TPSA) is 55.4 Å². The number of hydrogen-bond acceptors (Lipinski definition) is 3. The number of fused-ring (bicyclic) bond motifs is 3. The minimum atomic E-state index is -0.739. The van der Waals surface area contributed by atoms with Crippen LogP contribution in [0.5, 0.6) is 0 Å². The van der Waals surface area contributed by atoms with Crippen LogP contribution in [0, 0.1) is 5.92 Å². The lowest BCUT2D eigenvalue weighted by Crippen LogP contribution is -2.43. The molecule has 0 aromatic heterocycles. The molecule has 0 radical (unpaired) electrons. The number of hydrogen-bond donors (Lipinski definition) is 1. The number of nitrogens with one attached hydrogen (secondary N) is 1. The second-order valence-electron chi connectivity index (χ2n) is 6.64. The van der Waals surface area contributed by atoms with Crippen LogP contribution in [0.1, 0.15) is 37.3 Å². The van der Waals surface area contributed by atoms with Gasteiger partial charge in [-0.1, -0.05) is 68.8 Å². The highest BCUT2D eigenvalue weighted by Gasteiger charge is 2.30. The Kier molecular flexibility index (Phi) is 5.62. The summed E-state index contributed by atoms with van der Waals surface area (Å²) in [6.45, 7) is 4.02. The van der Waals surface area contributed by atoms with Crippen molar-refractivity contribution >= 4 is 22.9 Å². The maximum atomic E-state index is 12.2. The Labute approximate surface area is 158 Å². The molecule has 1 N–H and O–H groups in total. The largest absolute Gasteiger partial charge is 0.449 e. The molecule has 0 spiro atoms. The molecule has 0 unspecified atom stereocenters. The summed E-state index contributed by atoms with van der Waals surface area (Å²) in [6.07, 6.45) is 0.110. The first-order valence-corrected chi connectivity index (χ1v) is 9.21. The molecular formula is C21H22ClNO3. The standard InChI is InChI=1S/C21H22ClNO3/c1-3-13(2)19(20(22)24)23-21(25)26-12-18-16-10-6-4-8-14(16)15-9-5-7-11-17(15)18/h4-11,13,18-19H,3,12H2,1-2H3,(H,23,25)/t13-,19+/m1/s1. The zero-order valence-corrected chi connectivity index (χ0v) is 15.6. The fourth-order valence-electron chi connectivity index (χ4n) is 3.43. The quantitative estimate of drug-likeness (QED) is 0.748. The normalized spacial score (nSPS) is 14.9. The molecule has 1 amide bonds. The maximum absolute atomic E-state index is 12.2. The Morgan fingerprint density at radius 3 is 2.12 bits per heavy atom. The van der Waals surface area contributed by atoms with E-state index >= 15 is 0 Å². The molecule has 0 aliphatic heterocycles. The van der Waals surface area contributed by atoms with E-state index in [0.717, 1.165) is 17.5 Å². The molecule has 0 fully saturated rings. The van der Waals surface area contributed by atoms with Crippen molar-refractivity contribution in [3.05, 3.63) is 59.7 Å². The highest BCUT2D eigenvalue weighted by molar-refractivity contribution is 6.64. The number of alkyl carbamates (subject to hydrolysis) is 1. The van der Waals surface area contributed by atoms with E-state index in [1.165, 1.54) is 11.1 Å². The first kappa shape index (κ1) is 18.5. The molecule has 1 aliphatic rings. The van der Waals surface area contributed by atoms with Crippen LogP contribution in [-0.4, -0.2) is 24.0 Å². The summed E-state index contributed by atoms with van der Waals surface area (Å²) in [4.78, 5) is 23.8. The molecule has 2 aromatic rings. The van der Waals surface area contributed by atoms with E-state index in [-0.39, 0.29) is 18.4 Å². The van der Waals surface area contributed by atoms with Crippen LogP contribution in [0.15, 0.2) is 48.5 Å². The second kappa shape index (κ2) is 7.92. The summed E-state index contributed by atoms with van der Waals surface area (Å²) in [5, 5.41) is 2.02. The number of carbonyl (C=O) groups is 2. The Morgan fingerprint density at radius 2 is 1.62 bits per heavy atom. The summed E-state index contributed by atoms with van der Waals surface area (Å²) in [5.41, 5.74) is 4.64. The fraction of sp³-hybridized carbons (Fsp3) is 0.333. The van der Waals surface area contributed by atoms with Gasteiger partial charge in [-0.2, -0.15) is 0 Å². The maximum Gasteiger partial charge on any atom is 0.407 e. The van der Waals surface area contributed by atoms with E-state index in [2.05, 4.69) is 29.6 Å². The SMILES string of the molecule is CC[C@@H](C)[C@H](NC(=O)OCC1c2ccccc2-c2ccccc21)C(=O)Cl. The van der Waals surface area contributed by atoms with E-state index < -0.39 is 17.4 Å². The molecule has 0 heterocycles. The fourth-order valence-corrected chi connectivity index (χ4v) is 3.70. The van der Waals surface area contributed by atoms with Crippen LogP contribution in [0.3, 0.4) is 0 Å². The highest BCUT2D eigenvalue weighted by atomic mass is 35.5. The van der Waals surface area contributed by atoms with Crippen LogP contribution in [-0.2, 0) is 9.53 Å². The monoisotopic (exact) mass is 371 g/mol. The van der Waals surface area contributed by atoms with Crippen molar-refractivity contribution in [2.24, 2.45) is 5.92 Å². The van der Waals surface area contributed by atoms with Gasteiger partial charge in [0, 0.05) is 5.92 Å². The number of ether oxygens (including phenoxy) is 1. The third-order valence-corrected chi connectivity index (χ3v) is 5.31. The Morgan fingerprint density at radius 1 is 1.08 bits per heavy atom. The summed E-state index contributed by atoms with van der Waals surface area (Å²) >= 11 is 5.61. The van der Waals surface area contributed by atoms with Gasteiger partial charge < -0.3 is 10.1 Å². The predicted octanol–water partition coefficient (Wildman–Crippen LogP) is 4.71. The van der Waals surface area contributed by atoms with E-state index in [9.17, 15) is 9.59 Å². The molecule has 3 rings (SSSR count). The van der Waals surface area contributed by atoms with Gasteiger partial charge in [0.15, 0.2) is 0 Å². The molecule has 5 heteroatoms. The van der Waals surface area contributed by atoms with E-state index in [1.807, 2.05) is 38.1 Å². The molecule has 2 aromatic carbocycles. The summed E-state index contributed by atoms with van der Waals surface area (Å²) in [6, 6.07) is 15.5. The van der Waals surface area contributed by atoms with Crippen molar-refractivity contribution in [2.75, 3.05) is 6.61 Å². The Hall–Kier alpha value is -2.33. The van der Waals surface area contributed by atoms with Crippen LogP contribution in [0.2, 0.25) is 0 Å². The lowest BCUT2D eigenvalue weighted by Gasteiger charge is -2.21. The van der Waals surface area contributed by atoms with Gasteiger partial charge in [0.05, 0.1) is 0 Å². The summed E-state index contributed by atoms with van der Waals surface area (Å²) in [5.74, 6) is -0.0672. The number of amides is 1. The predicted molar refractivity (Wildman–Crippen MR) is 102 cm³/mol. The van der Waals surface area contributed by atoms with Crippen LogP contribution < -0.4 is 5.32 Å². The number of rotatable bonds is 6. The third kappa shape index (κ3) is 3.61. The van der Waals surface area contributed by atoms with Gasteiger partial charge in [-0.05, 0) is 39.8 Å². The molecule has 4 nitrogen and oxygen atoms in total. The van der Waals surface area contributed by atoms with Crippen LogP contribution in [0.25, 0.3) is 11.1 Å². The highest BCUT2D eigenvalue weighted by Crippen LogP contribution is 2.44. The molecule has 0 bridgehead atoms. The lowest BCUT2D eigenvalue weighted by molar-refractivity contribution is -0.114. The molecule has 136 valence electrons. The molecule has 2 atom stereocenters. The van der Waals surface area contributed by atoms with Crippen molar-refractivity contribution in [3.63, 3.8) is 0 Å². The zero-order valence-electron chi connectivity index (χ0n) is 14.9. The molecular weight excluding hydrogens is 350 g/mol. The molecule has 0 saturated heterocycles. The average molecular weight is 372 g/mol. The van der Waals surface area contributed by atoms with Crippen LogP contribution >= 0.6 is 11.6 Å². The van der Waals surface area contributed by atoms with Gasteiger partial charge in [-0.15, -0.1) is 0 Å². The first-order valence-electron chi connectivity index (χ1n) is 8.83. The van der Waals surface area contributed by atoms with Crippen molar-refractivity contribution in [2.45, 2.75) is 32.2 Å². The minimum Gasteiger partial charge on any atom is -0.449 e. The van der Waals surface area contributed by atoms with Gasteiger partial charge >= 0.3 is 6.09 Å². The van der Waals surface area contributed by atoms with Crippen LogP contribution in [0.4, 0.5) is 4.79 Å². The number of benzene rings is 2. The summed E-state index contributed by atoms with van der Waals surface area (Å²) in [7, 11) is 0. The Bertz CT molecular complexity index is 775. The third-order valence-electron chi connectivity index (χ3n) is 5.07. The minimum absolute atomic E-state index is 0.0121. The molecule has 1 aliphatic carbocycles. The second-order valence-corrected chi connectivity index (χ2v) is 7.01. The van der Waals surface area contributed by atoms with E-state index in [0.29, 0.717) is 0 Å².